The molecule has 0 aliphatic carbocycles. The average Bonchev–Trinajstić information content (AvgIpc) is 3.06. The Balaban J connectivity index is 1.79. The van der Waals surface area contributed by atoms with Crippen LogP contribution in [0.1, 0.15) is 5.56 Å². The minimum atomic E-state index is -4.88. The third-order valence-corrected chi connectivity index (χ3v) is 5.53. The maximum atomic E-state index is 13.3. The fourth-order valence-electron chi connectivity index (χ4n) is 2.90. The minimum Gasteiger partial charge on any atom is -0.383 e. The van der Waals surface area contributed by atoms with Crippen molar-refractivity contribution in [3.63, 3.8) is 0 Å². The number of hydrogen-bond donors (Lipinski definition) is 1. The highest BCUT2D eigenvalue weighted by Crippen LogP contribution is 2.37. The highest BCUT2D eigenvalue weighted by Gasteiger charge is 2.35. The van der Waals surface area contributed by atoms with Gasteiger partial charge in [0.1, 0.15) is 0 Å². The number of nitrogens with one attached hydrogen (secondary N) is 1. The number of fused-ring (bicyclic) bond motifs is 1. The van der Waals surface area contributed by atoms with E-state index in [1.54, 1.807) is 25.3 Å². The van der Waals surface area contributed by atoms with Gasteiger partial charge in [-0.15, -0.1) is 0 Å². The Bertz CT molecular complexity index is 1170. The van der Waals surface area contributed by atoms with Crippen LogP contribution in [0, 0.1) is 10.1 Å². The van der Waals surface area contributed by atoms with Crippen molar-refractivity contribution < 1.29 is 27.6 Å². The normalized spacial score (nSPS) is 11.7. The lowest BCUT2D eigenvalue weighted by Crippen LogP contribution is -2.18. The second-order valence-electron chi connectivity index (χ2n) is 6.49. The third-order valence-electron chi connectivity index (χ3n) is 4.32. The number of imidazole rings is 1. The van der Waals surface area contributed by atoms with Gasteiger partial charge in [0.05, 0.1) is 39.6 Å². The number of benzene rings is 2. The molecule has 2 aromatic carbocycles. The number of nitrogens with zero attached hydrogens (tertiary/aromatic N) is 3. The number of rotatable bonds is 8. The van der Waals surface area contributed by atoms with E-state index >= 15 is 0 Å². The molecule has 0 bridgehead atoms. The van der Waals surface area contributed by atoms with Gasteiger partial charge in [-0.3, -0.25) is 14.9 Å². The zero-order chi connectivity index (χ0) is 23.5. The minimum absolute atomic E-state index is 0.238. The number of non-ortho nitro benzene ring substituents is 1. The summed E-state index contributed by atoms with van der Waals surface area (Å²) < 4.78 is 46.8. The summed E-state index contributed by atoms with van der Waals surface area (Å²) in [7, 11) is 1.54. The molecule has 1 heterocycles. The molecule has 0 atom stereocenters. The average molecular weight is 489 g/mol. The van der Waals surface area contributed by atoms with Crippen molar-refractivity contribution in [2.45, 2.75) is 17.9 Å². The van der Waals surface area contributed by atoms with Crippen LogP contribution in [0.4, 0.5) is 24.5 Å². The molecule has 1 N–H and O–H groups in total. The molecule has 8 nitrogen and oxygen atoms in total. The summed E-state index contributed by atoms with van der Waals surface area (Å²) in [5.74, 6) is -0.962. The van der Waals surface area contributed by atoms with Gasteiger partial charge in [-0.05, 0) is 24.3 Å². The molecular weight excluding hydrogens is 473 g/mol. The molecule has 0 aliphatic rings. The number of anilines is 1. The highest BCUT2D eigenvalue weighted by atomic mass is 35.5. The topological polar surface area (TPSA) is 99.3 Å². The number of methoxy groups -OCH3 is 1. The van der Waals surface area contributed by atoms with Crippen LogP contribution in [0.25, 0.3) is 11.0 Å². The fraction of sp³-hybridized carbons (Fsp3) is 0.263. The van der Waals surface area contributed by atoms with E-state index in [1.165, 1.54) is 0 Å². The zero-order valence-corrected chi connectivity index (χ0v) is 18.1. The Morgan fingerprint density at radius 3 is 2.72 bits per heavy atom. The van der Waals surface area contributed by atoms with E-state index < -0.39 is 33.9 Å². The van der Waals surface area contributed by atoms with Crippen LogP contribution in [0.2, 0.25) is 5.02 Å². The number of aromatic nitrogens is 2. The lowest BCUT2D eigenvalue weighted by molar-refractivity contribution is -0.385. The van der Waals surface area contributed by atoms with Gasteiger partial charge in [0.25, 0.3) is 5.69 Å². The number of carbonyl (C=O) groups is 1. The highest BCUT2D eigenvalue weighted by molar-refractivity contribution is 7.99. The first-order chi connectivity index (χ1) is 15.1. The molecule has 0 unspecified atom stereocenters. The predicted octanol–water partition coefficient (Wildman–Crippen LogP) is 4.99. The molecule has 0 saturated heterocycles. The Kier molecular flexibility index (Phi) is 7.26. The molecule has 0 radical (unpaired) electrons. The summed E-state index contributed by atoms with van der Waals surface area (Å²) in [6.07, 6.45) is -4.88. The Labute approximate surface area is 188 Å². The third kappa shape index (κ3) is 5.50. The van der Waals surface area contributed by atoms with Gasteiger partial charge < -0.3 is 14.6 Å². The van der Waals surface area contributed by atoms with Gasteiger partial charge in [0.2, 0.25) is 5.91 Å². The molecule has 0 saturated carbocycles. The summed E-state index contributed by atoms with van der Waals surface area (Å²) in [6, 6.07) is 7.28. The molecule has 32 heavy (non-hydrogen) atoms. The molecular formula is C19H16ClF3N4O4S. The smallest absolute Gasteiger partial charge is 0.383 e. The number of alkyl halides is 3. The second kappa shape index (κ2) is 9.76. The number of amides is 1. The van der Waals surface area contributed by atoms with Gasteiger partial charge in [0, 0.05) is 30.8 Å². The molecule has 13 heteroatoms. The van der Waals surface area contributed by atoms with Gasteiger partial charge in [-0.2, -0.15) is 13.2 Å². The quantitative estimate of drug-likeness (QED) is 0.272. The first kappa shape index (κ1) is 23.8. The number of ether oxygens (including phenoxy) is 1. The summed E-state index contributed by atoms with van der Waals surface area (Å²) in [4.78, 5) is 26.7. The first-order valence-electron chi connectivity index (χ1n) is 9.03. The van der Waals surface area contributed by atoms with E-state index in [1.807, 2.05) is 4.57 Å². The van der Waals surface area contributed by atoms with Gasteiger partial charge in [-0.25, -0.2) is 4.98 Å². The predicted molar refractivity (Wildman–Crippen MR) is 114 cm³/mol. The lowest BCUT2D eigenvalue weighted by atomic mass is 10.1. The molecule has 3 aromatic rings. The van der Waals surface area contributed by atoms with E-state index in [0.717, 1.165) is 29.4 Å². The van der Waals surface area contributed by atoms with Crippen molar-refractivity contribution in [3.8, 4) is 0 Å². The van der Waals surface area contributed by atoms with Crippen molar-refractivity contribution in [1.82, 2.24) is 9.55 Å². The lowest BCUT2D eigenvalue weighted by Gasteiger charge is -2.13. The SMILES string of the molecule is COCCn1c(SCC(=O)Nc2ccc([N+](=O)[O-])cc2C(F)(F)F)nc2cc(Cl)ccc21. The first-order valence-corrected chi connectivity index (χ1v) is 10.4. The van der Waals surface area contributed by atoms with Crippen molar-refractivity contribution >= 4 is 51.7 Å². The summed E-state index contributed by atoms with van der Waals surface area (Å²) in [6.45, 7) is 0.824. The largest absolute Gasteiger partial charge is 0.418 e. The van der Waals surface area contributed by atoms with Crippen LogP contribution in [0.15, 0.2) is 41.6 Å². The Hall–Kier alpha value is -2.83. The second-order valence-corrected chi connectivity index (χ2v) is 7.87. The monoisotopic (exact) mass is 488 g/mol. The summed E-state index contributed by atoms with van der Waals surface area (Å²) >= 11 is 7.04. The maximum absolute atomic E-state index is 13.3. The van der Waals surface area contributed by atoms with E-state index in [0.29, 0.717) is 34.9 Å². The van der Waals surface area contributed by atoms with Crippen LogP contribution in [0.3, 0.4) is 0 Å². The van der Waals surface area contributed by atoms with Crippen molar-refractivity contribution in [3.05, 3.63) is 57.1 Å². The van der Waals surface area contributed by atoms with E-state index in [2.05, 4.69) is 10.3 Å². The maximum Gasteiger partial charge on any atom is 0.418 e. The van der Waals surface area contributed by atoms with Gasteiger partial charge in [-0.1, -0.05) is 23.4 Å². The number of carbonyl (C=O) groups excluding carboxylic acids is 1. The van der Waals surface area contributed by atoms with Crippen LogP contribution in [-0.4, -0.2) is 39.9 Å². The van der Waals surface area contributed by atoms with Crippen molar-refractivity contribution in [2.75, 3.05) is 24.8 Å². The number of halogens is 4. The zero-order valence-electron chi connectivity index (χ0n) is 16.5. The van der Waals surface area contributed by atoms with E-state index in [4.69, 9.17) is 16.3 Å². The summed E-state index contributed by atoms with van der Waals surface area (Å²) in [5, 5.41) is 13.9. The molecule has 1 aromatic heterocycles. The molecule has 0 fully saturated rings. The molecule has 0 spiro atoms. The van der Waals surface area contributed by atoms with Crippen LogP contribution in [0.5, 0.6) is 0 Å². The van der Waals surface area contributed by atoms with E-state index in [9.17, 15) is 28.1 Å². The summed E-state index contributed by atoms with van der Waals surface area (Å²) in [5.41, 5.74) is -1.22. The van der Waals surface area contributed by atoms with Gasteiger partial charge >= 0.3 is 6.18 Å². The number of nitro benzene ring substituents is 1. The van der Waals surface area contributed by atoms with Crippen molar-refractivity contribution in [2.24, 2.45) is 0 Å². The number of hydrogen-bond acceptors (Lipinski definition) is 6. The standard InChI is InChI=1S/C19H16ClF3N4O4S/c1-31-7-6-26-16-5-2-11(20)8-15(16)25-18(26)32-10-17(28)24-14-4-3-12(27(29)30)9-13(14)19(21,22)23/h2-5,8-9H,6-7,10H2,1H3,(H,24,28). The molecule has 170 valence electrons. The van der Waals surface area contributed by atoms with Crippen LogP contribution >= 0.6 is 23.4 Å². The number of thioether (sulfide) groups is 1. The molecule has 0 aliphatic heterocycles. The fourth-order valence-corrected chi connectivity index (χ4v) is 3.90. The van der Waals surface area contributed by atoms with Crippen LogP contribution in [-0.2, 0) is 22.3 Å². The van der Waals surface area contributed by atoms with Crippen molar-refractivity contribution in [1.29, 1.82) is 0 Å². The van der Waals surface area contributed by atoms with Gasteiger partial charge in [0.15, 0.2) is 5.16 Å². The number of nitro groups is 1. The Morgan fingerprint density at radius 1 is 1.31 bits per heavy atom. The Morgan fingerprint density at radius 2 is 2.06 bits per heavy atom. The molecule has 3 rings (SSSR count). The van der Waals surface area contributed by atoms with Crippen LogP contribution < -0.4 is 5.32 Å². The molecule has 1 amide bonds. The van der Waals surface area contributed by atoms with E-state index in [-0.39, 0.29) is 5.75 Å².